The van der Waals surface area contributed by atoms with E-state index in [1.165, 1.54) is 22.0 Å². The lowest BCUT2D eigenvalue weighted by molar-refractivity contribution is -0.127. The molecule has 0 aliphatic carbocycles. The van der Waals surface area contributed by atoms with Crippen LogP contribution in [0.3, 0.4) is 0 Å². The molecular formula is C18H21N5OS2. The molecule has 0 atom stereocenters. The lowest BCUT2D eigenvalue weighted by Gasteiger charge is -2.17. The smallest absolute Gasteiger partial charge is 0.233 e. The number of thiophene rings is 1. The van der Waals surface area contributed by atoms with Crippen molar-refractivity contribution in [3.63, 3.8) is 0 Å². The number of nitrogens with two attached hydrogens (primary N) is 1. The van der Waals surface area contributed by atoms with Crippen molar-refractivity contribution in [3.05, 3.63) is 52.9 Å². The average Bonchev–Trinajstić information content (AvgIpc) is 3.30. The molecule has 0 aliphatic heterocycles. The fraction of sp³-hybridized carbons (Fsp3) is 0.278. The number of nitrogen functional groups attached to an aromatic ring is 1. The molecule has 0 bridgehead atoms. The second-order valence-corrected chi connectivity index (χ2v) is 7.75. The van der Waals surface area contributed by atoms with Crippen LogP contribution in [0.4, 0.5) is 0 Å². The molecule has 0 saturated carbocycles. The summed E-state index contributed by atoms with van der Waals surface area (Å²) < 4.78 is 1.44. The van der Waals surface area contributed by atoms with Gasteiger partial charge in [0.05, 0.1) is 10.6 Å². The molecule has 2 N–H and O–H groups in total. The second-order valence-electron chi connectivity index (χ2n) is 5.86. The highest BCUT2D eigenvalue weighted by Gasteiger charge is 2.16. The fourth-order valence-corrected chi connectivity index (χ4v) is 3.93. The lowest BCUT2D eigenvalue weighted by atomic mass is 10.1. The molecule has 8 heteroatoms. The van der Waals surface area contributed by atoms with Gasteiger partial charge in [-0.2, -0.15) is 0 Å². The fourth-order valence-electron chi connectivity index (χ4n) is 2.43. The average molecular weight is 388 g/mol. The van der Waals surface area contributed by atoms with Crippen LogP contribution in [0.1, 0.15) is 18.1 Å². The maximum atomic E-state index is 12.4. The van der Waals surface area contributed by atoms with Crippen molar-refractivity contribution in [1.29, 1.82) is 0 Å². The highest BCUT2D eigenvalue weighted by Crippen LogP contribution is 2.25. The van der Waals surface area contributed by atoms with Crippen LogP contribution in [0, 0.1) is 0 Å². The summed E-state index contributed by atoms with van der Waals surface area (Å²) in [5.74, 6) is 6.96. The zero-order chi connectivity index (χ0) is 18.5. The van der Waals surface area contributed by atoms with E-state index in [1.807, 2.05) is 17.5 Å². The minimum Gasteiger partial charge on any atom is -0.341 e. The number of hydrogen-bond donors (Lipinski definition) is 1. The Morgan fingerprint density at radius 2 is 1.96 bits per heavy atom. The zero-order valence-corrected chi connectivity index (χ0v) is 16.4. The van der Waals surface area contributed by atoms with Crippen molar-refractivity contribution in [2.75, 3.05) is 18.6 Å². The van der Waals surface area contributed by atoms with Gasteiger partial charge in [-0.3, -0.25) is 4.79 Å². The molecule has 3 rings (SSSR count). The molecule has 2 heterocycles. The summed E-state index contributed by atoms with van der Waals surface area (Å²) in [4.78, 5) is 15.1. The first-order valence-electron chi connectivity index (χ1n) is 8.27. The molecule has 0 unspecified atom stereocenters. The Balaban J connectivity index is 1.56. The number of nitrogens with zero attached hydrogens (tertiary/aromatic N) is 4. The molecule has 0 aliphatic rings. The third-order valence-corrected chi connectivity index (χ3v) is 5.80. The number of rotatable bonds is 7. The summed E-state index contributed by atoms with van der Waals surface area (Å²) in [6.45, 7) is 2.71. The van der Waals surface area contributed by atoms with Gasteiger partial charge in [-0.1, -0.05) is 49.0 Å². The van der Waals surface area contributed by atoms with Crippen LogP contribution in [0.2, 0.25) is 0 Å². The van der Waals surface area contributed by atoms with Gasteiger partial charge in [0.25, 0.3) is 0 Å². The topological polar surface area (TPSA) is 77.0 Å². The first-order valence-corrected chi connectivity index (χ1v) is 10.1. The maximum absolute atomic E-state index is 12.4. The largest absolute Gasteiger partial charge is 0.341 e. The van der Waals surface area contributed by atoms with Gasteiger partial charge in [-0.05, 0) is 29.0 Å². The molecule has 6 nitrogen and oxygen atoms in total. The SMILES string of the molecule is CCc1ccc(CN(C)C(=O)CSc2nnc(-c3cccs3)n2N)cc1. The van der Waals surface area contributed by atoms with Gasteiger partial charge in [0.2, 0.25) is 11.1 Å². The van der Waals surface area contributed by atoms with Crippen LogP contribution in [0.15, 0.2) is 46.9 Å². The summed E-state index contributed by atoms with van der Waals surface area (Å²) in [5.41, 5.74) is 2.41. The Bertz CT molecular complexity index is 858. The van der Waals surface area contributed by atoms with Crippen LogP contribution in [-0.4, -0.2) is 38.5 Å². The van der Waals surface area contributed by atoms with Crippen LogP contribution < -0.4 is 5.84 Å². The van der Waals surface area contributed by atoms with Gasteiger partial charge >= 0.3 is 0 Å². The van der Waals surface area contributed by atoms with Crippen molar-refractivity contribution in [2.24, 2.45) is 0 Å². The molecule has 1 aromatic carbocycles. The molecule has 0 spiro atoms. The summed E-state index contributed by atoms with van der Waals surface area (Å²) in [5, 5.41) is 10.7. The highest BCUT2D eigenvalue weighted by molar-refractivity contribution is 7.99. The Morgan fingerprint density at radius 1 is 1.23 bits per heavy atom. The van der Waals surface area contributed by atoms with E-state index in [0.717, 1.165) is 16.9 Å². The summed E-state index contributed by atoms with van der Waals surface area (Å²) in [7, 11) is 1.81. The number of carbonyl (C=O) groups is 1. The predicted molar refractivity (Wildman–Crippen MR) is 107 cm³/mol. The number of carbonyl (C=O) groups excluding carboxylic acids is 1. The minimum atomic E-state index is 0.0234. The molecule has 0 radical (unpaired) electrons. The van der Waals surface area contributed by atoms with Crippen LogP contribution in [0.25, 0.3) is 10.7 Å². The van der Waals surface area contributed by atoms with E-state index in [0.29, 0.717) is 17.5 Å². The van der Waals surface area contributed by atoms with Crippen LogP contribution >= 0.6 is 23.1 Å². The Labute approximate surface area is 161 Å². The number of aryl methyl sites for hydroxylation is 1. The zero-order valence-electron chi connectivity index (χ0n) is 14.8. The predicted octanol–water partition coefficient (Wildman–Crippen LogP) is 3.03. The van der Waals surface area contributed by atoms with E-state index in [2.05, 4.69) is 41.4 Å². The van der Waals surface area contributed by atoms with Gasteiger partial charge in [0.1, 0.15) is 0 Å². The van der Waals surface area contributed by atoms with Crippen molar-refractivity contribution >= 4 is 29.0 Å². The lowest BCUT2D eigenvalue weighted by Crippen LogP contribution is -2.28. The normalized spacial score (nSPS) is 10.8. The molecule has 1 amide bonds. The Hall–Kier alpha value is -2.32. The quantitative estimate of drug-likeness (QED) is 0.498. The number of aromatic nitrogens is 3. The first-order chi connectivity index (χ1) is 12.6. The molecule has 136 valence electrons. The van der Waals surface area contributed by atoms with Gasteiger partial charge in [0.15, 0.2) is 5.82 Å². The van der Waals surface area contributed by atoms with E-state index in [-0.39, 0.29) is 11.7 Å². The molecule has 3 aromatic rings. The van der Waals surface area contributed by atoms with Crippen molar-refractivity contribution in [2.45, 2.75) is 25.0 Å². The minimum absolute atomic E-state index is 0.0234. The summed E-state index contributed by atoms with van der Waals surface area (Å²) in [6.07, 6.45) is 1.01. The molecule has 0 saturated heterocycles. The van der Waals surface area contributed by atoms with Crippen molar-refractivity contribution in [3.8, 4) is 10.7 Å². The van der Waals surface area contributed by atoms with Gasteiger partial charge in [-0.25, -0.2) is 4.68 Å². The van der Waals surface area contributed by atoms with E-state index < -0.39 is 0 Å². The number of amides is 1. The Kier molecular flexibility index (Phi) is 5.95. The van der Waals surface area contributed by atoms with Crippen LogP contribution in [0.5, 0.6) is 0 Å². The molecule has 0 fully saturated rings. The number of thioether (sulfide) groups is 1. The first kappa shape index (κ1) is 18.5. The third-order valence-electron chi connectivity index (χ3n) is 4.01. The molecule has 2 aromatic heterocycles. The molecule has 26 heavy (non-hydrogen) atoms. The van der Waals surface area contributed by atoms with E-state index in [1.54, 1.807) is 23.3 Å². The number of benzene rings is 1. The highest BCUT2D eigenvalue weighted by atomic mass is 32.2. The van der Waals surface area contributed by atoms with E-state index >= 15 is 0 Å². The third kappa shape index (κ3) is 4.25. The number of hydrogen-bond acceptors (Lipinski definition) is 6. The monoisotopic (exact) mass is 387 g/mol. The Morgan fingerprint density at radius 3 is 2.62 bits per heavy atom. The standard InChI is InChI=1S/C18H21N5OS2/c1-3-13-6-8-14(9-7-13)11-22(2)16(24)12-26-18-21-20-17(23(18)19)15-5-4-10-25-15/h4-10H,3,11-12,19H2,1-2H3. The second kappa shape index (κ2) is 8.37. The summed E-state index contributed by atoms with van der Waals surface area (Å²) >= 11 is 2.84. The van der Waals surface area contributed by atoms with Crippen molar-refractivity contribution in [1.82, 2.24) is 19.8 Å². The van der Waals surface area contributed by atoms with Gasteiger partial charge < -0.3 is 10.7 Å². The van der Waals surface area contributed by atoms with Crippen molar-refractivity contribution < 1.29 is 4.79 Å². The van der Waals surface area contributed by atoms with Crippen LogP contribution in [-0.2, 0) is 17.8 Å². The maximum Gasteiger partial charge on any atom is 0.233 e. The molecular weight excluding hydrogens is 366 g/mol. The van der Waals surface area contributed by atoms with Gasteiger partial charge in [-0.15, -0.1) is 21.5 Å². The van der Waals surface area contributed by atoms with E-state index in [4.69, 9.17) is 5.84 Å². The summed E-state index contributed by atoms with van der Waals surface area (Å²) in [6, 6.07) is 12.2. The van der Waals surface area contributed by atoms with E-state index in [9.17, 15) is 4.79 Å². The van der Waals surface area contributed by atoms with Gasteiger partial charge in [0, 0.05) is 13.6 Å².